The lowest BCUT2D eigenvalue weighted by molar-refractivity contribution is -0.137. The van der Waals surface area contributed by atoms with Gasteiger partial charge in [0.1, 0.15) is 6.61 Å². The lowest BCUT2D eigenvalue weighted by Gasteiger charge is -1.95. The largest absolute Gasteiger partial charge is 0.465 e. The number of hydrogen-bond donors (Lipinski definition) is 1. The van der Waals surface area contributed by atoms with Crippen molar-refractivity contribution < 1.29 is 14.3 Å². The molecule has 0 bridgehead atoms. The molecule has 4 nitrogen and oxygen atoms in total. The van der Waals surface area contributed by atoms with Gasteiger partial charge in [-0.3, -0.25) is 9.59 Å². The molecule has 50 valence electrons. The van der Waals surface area contributed by atoms with Crippen LogP contribution in [0.15, 0.2) is 0 Å². The van der Waals surface area contributed by atoms with Crippen molar-refractivity contribution in [2.75, 3.05) is 6.61 Å². The van der Waals surface area contributed by atoms with Gasteiger partial charge in [0.2, 0.25) is 5.91 Å². The summed E-state index contributed by atoms with van der Waals surface area (Å²) >= 11 is 0. The number of esters is 1. The van der Waals surface area contributed by atoms with E-state index in [1.54, 1.807) is 0 Å². The third-order valence-electron chi connectivity index (χ3n) is 1.26. The van der Waals surface area contributed by atoms with E-state index < -0.39 is 11.8 Å². The van der Waals surface area contributed by atoms with Crippen molar-refractivity contribution in [3.8, 4) is 0 Å². The minimum absolute atomic E-state index is 0.148. The van der Waals surface area contributed by atoms with Gasteiger partial charge in [-0.2, -0.15) is 0 Å². The molecule has 1 aliphatic rings. The van der Waals surface area contributed by atoms with Gasteiger partial charge in [-0.25, -0.2) is 0 Å². The maximum atomic E-state index is 10.3. The average molecular weight is 129 g/mol. The molecule has 0 aromatic rings. The molecule has 0 aliphatic carbocycles. The fourth-order valence-corrected chi connectivity index (χ4v) is 0.695. The molecule has 1 heterocycles. The predicted molar refractivity (Wildman–Crippen MR) is 28.3 cm³/mol. The maximum absolute atomic E-state index is 10.3. The number of ether oxygens (including phenoxy) is 1. The first-order chi connectivity index (χ1) is 4.20. The number of carbonyl (C=O) groups is 2. The molecule has 1 saturated heterocycles. The number of cyclic esters (lactones) is 1. The Bertz CT molecular complexity index is 154. The van der Waals surface area contributed by atoms with E-state index in [2.05, 4.69) is 4.74 Å². The number of primary amides is 1. The van der Waals surface area contributed by atoms with E-state index in [0.29, 0.717) is 0 Å². The summed E-state index contributed by atoms with van der Waals surface area (Å²) < 4.78 is 4.49. The minimum Gasteiger partial charge on any atom is -0.465 e. The van der Waals surface area contributed by atoms with Crippen molar-refractivity contribution in [3.05, 3.63) is 0 Å². The second-order valence-corrected chi connectivity index (χ2v) is 1.99. The zero-order valence-corrected chi connectivity index (χ0v) is 4.79. The molecular weight excluding hydrogens is 122 g/mol. The van der Waals surface area contributed by atoms with Gasteiger partial charge in [0.25, 0.3) is 0 Å². The molecular formula is C5H7NO3. The van der Waals surface area contributed by atoms with Gasteiger partial charge in [0.05, 0.1) is 12.3 Å². The molecule has 4 heteroatoms. The summed E-state index contributed by atoms with van der Waals surface area (Å²) in [6.07, 6.45) is 0.148. The monoisotopic (exact) mass is 129 g/mol. The number of rotatable bonds is 1. The SMILES string of the molecule is NC(=O)C1COC(=O)C1. The van der Waals surface area contributed by atoms with Crippen molar-refractivity contribution in [1.82, 2.24) is 0 Å². The Balaban J connectivity index is 2.48. The summed E-state index contributed by atoms with van der Waals surface area (Å²) in [6, 6.07) is 0. The van der Waals surface area contributed by atoms with Crippen LogP contribution in [-0.4, -0.2) is 18.5 Å². The second-order valence-electron chi connectivity index (χ2n) is 1.99. The Morgan fingerprint density at radius 1 is 1.78 bits per heavy atom. The van der Waals surface area contributed by atoms with Crippen LogP contribution in [-0.2, 0) is 14.3 Å². The van der Waals surface area contributed by atoms with Crippen molar-refractivity contribution in [2.45, 2.75) is 6.42 Å². The highest BCUT2D eigenvalue weighted by Crippen LogP contribution is 2.12. The van der Waals surface area contributed by atoms with Crippen LogP contribution in [0, 0.1) is 5.92 Å². The minimum atomic E-state index is -0.458. The van der Waals surface area contributed by atoms with E-state index in [1.165, 1.54) is 0 Å². The summed E-state index contributed by atoms with van der Waals surface area (Å²) in [7, 11) is 0. The molecule has 1 unspecified atom stereocenters. The van der Waals surface area contributed by atoms with Gasteiger partial charge < -0.3 is 10.5 Å². The highest BCUT2D eigenvalue weighted by molar-refractivity contribution is 5.84. The first-order valence-corrected chi connectivity index (χ1v) is 2.65. The lowest BCUT2D eigenvalue weighted by Crippen LogP contribution is -2.22. The summed E-state index contributed by atoms with van der Waals surface area (Å²) in [6.45, 7) is 0.161. The third kappa shape index (κ3) is 1.19. The summed E-state index contributed by atoms with van der Waals surface area (Å²) in [5.74, 6) is -1.18. The van der Waals surface area contributed by atoms with Crippen LogP contribution in [0.1, 0.15) is 6.42 Å². The van der Waals surface area contributed by atoms with E-state index in [1.807, 2.05) is 0 Å². The van der Waals surface area contributed by atoms with Crippen molar-refractivity contribution in [3.63, 3.8) is 0 Å². The Kier molecular flexibility index (Phi) is 1.38. The highest BCUT2D eigenvalue weighted by atomic mass is 16.5. The van der Waals surface area contributed by atoms with Crippen LogP contribution in [0.3, 0.4) is 0 Å². The molecule has 0 radical (unpaired) electrons. The fourth-order valence-electron chi connectivity index (χ4n) is 0.695. The summed E-state index contributed by atoms with van der Waals surface area (Å²) in [4.78, 5) is 20.7. The molecule has 1 fully saturated rings. The molecule has 1 rings (SSSR count). The quantitative estimate of drug-likeness (QED) is 0.463. The topological polar surface area (TPSA) is 69.4 Å². The van der Waals surface area contributed by atoms with E-state index in [0.717, 1.165) is 0 Å². The van der Waals surface area contributed by atoms with Gasteiger partial charge >= 0.3 is 5.97 Å². The number of hydrogen-bond acceptors (Lipinski definition) is 3. The van der Waals surface area contributed by atoms with Gasteiger partial charge in [0.15, 0.2) is 0 Å². The van der Waals surface area contributed by atoms with Gasteiger partial charge in [-0.15, -0.1) is 0 Å². The molecule has 1 atom stereocenters. The van der Waals surface area contributed by atoms with E-state index in [4.69, 9.17) is 5.73 Å². The Morgan fingerprint density at radius 3 is 2.67 bits per heavy atom. The number of carbonyl (C=O) groups excluding carboxylic acids is 2. The van der Waals surface area contributed by atoms with Gasteiger partial charge in [-0.1, -0.05) is 0 Å². The van der Waals surface area contributed by atoms with Crippen LogP contribution in [0.4, 0.5) is 0 Å². The first-order valence-electron chi connectivity index (χ1n) is 2.65. The molecule has 0 saturated carbocycles. The molecule has 0 aromatic heterocycles. The second kappa shape index (κ2) is 2.05. The molecule has 1 amide bonds. The van der Waals surface area contributed by atoms with Crippen LogP contribution in [0.25, 0.3) is 0 Å². The highest BCUT2D eigenvalue weighted by Gasteiger charge is 2.27. The van der Waals surface area contributed by atoms with E-state index in [-0.39, 0.29) is 19.0 Å². The Hall–Kier alpha value is -1.06. The normalized spacial score (nSPS) is 25.8. The molecule has 0 spiro atoms. The summed E-state index contributed by atoms with van der Waals surface area (Å²) in [5.41, 5.74) is 4.89. The van der Waals surface area contributed by atoms with E-state index in [9.17, 15) is 9.59 Å². The Morgan fingerprint density at radius 2 is 2.44 bits per heavy atom. The number of amides is 1. The molecule has 9 heavy (non-hydrogen) atoms. The Labute approximate surface area is 52.0 Å². The fraction of sp³-hybridized carbons (Fsp3) is 0.600. The van der Waals surface area contributed by atoms with Crippen molar-refractivity contribution in [2.24, 2.45) is 11.7 Å². The first kappa shape index (κ1) is 6.07. The summed E-state index contributed by atoms with van der Waals surface area (Å²) in [5, 5.41) is 0. The van der Waals surface area contributed by atoms with Crippen LogP contribution < -0.4 is 5.73 Å². The number of nitrogens with two attached hydrogens (primary N) is 1. The van der Waals surface area contributed by atoms with Crippen LogP contribution >= 0.6 is 0 Å². The lowest BCUT2D eigenvalue weighted by atomic mass is 10.1. The molecule has 1 aliphatic heterocycles. The van der Waals surface area contributed by atoms with Gasteiger partial charge in [0, 0.05) is 0 Å². The maximum Gasteiger partial charge on any atom is 0.306 e. The average Bonchev–Trinajstić information content (AvgIpc) is 2.14. The van der Waals surface area contributed by atoms with Crippen molar-refractivity contribution >= 4 is 11.9 Å². The van der Waals surface area contributed by atoms with E-state index >= 15 is 0 Å². The van der Waals surface area contributed by atoms with Crippen LogP contribution in [0.2, 0.25) is 0 Å². The third-order valence-corrected chi connectivity index (χ3v) is 1.26. The predicted octanol–water partition coefficient (Wildman–Crippen LogP) is -0.965. The smallest absolute Gasteiger partial charge is 0.306 e. The standard InChI is InChI=1S/C5H7NO3/c6-5(8)3-1-4(7)9-2-3/h3H,1-2H2,(H2,6,8). The molecule has 2 N–H and O–H groups in total. The zero-order valence-electron chi connectivity index (χ0n) is 4.79. The molecule has 0 aromatic carbocycles. The zero-order chi connectivity index (χ0) is 6.85. The van der Waals surface area contributed by atoms with Crippen LogP contribution in [0.5, 0.6) is 0 Å². The van der Waals surface area contributed by atoms with Crippen molar-refractivity contribution in [1.29, 1.82) is 0 Å². The van der Waals surface area contributed by atoms with Gasteiger partial charge in [-0.05, 0) is 0 Å².